The van der Waals surface area contributed by atoms with Gasteiger partial charge in [-0.25, -0.2) is 38.4 Å². The highest BCUT2D eigenvalue weighted by Crippen LogP contribution is 2.24. The summed E-state index contributed by atoms with van der Waals surface area (Å²) in [5, 5.41) is 33.8. The second-order valence-electron chi connectivity index (χ2n) is 13.0. The van der Waals surface area contributed by atoms with Gasteiger partial charge in [-0.1, -0.05) is 66.5 Å². The lowest BCUT2D eigenvalue weighted by Crippen LogP contribution is -2.42. The van der Waals surface area contributed by atoms with Crippen LogP contribution in [0.5, 0.6) is 0 Å². The molecular formula is C46H56N4O20. The number of ether oxygens (including phenoxy) is 12. The van der Waals surface area contributed by atoms with Gasteiger partial charge in [-0.15, -0.1) is 0 Å². The van der Waals surface area contributed by atoms with Crippen molar-refractivity contribution in [1.29, 1.82) is 21.0 Å². The third-order valence-corrected chi connectivity index (χ3v) is 7.80. The zero-order chi connectivity index (χ0) is 54.4. The number of esters is 8. The van der Waals surface area contributed by atoms with Crippen molar-refractivity contribution in [2.24, 2.45) is 5.41 Å². The van der Waals surface area contributed by atoms with Crippen LogP contribution in [0.25, 0.3) is 0 Å². The summed E-state index contributed by atoms with van der Waals surface area (Å²) in [5.74, 6) is -5.10. The predicted octanol–water partition coefficient (Wildman–Crippen LogP) is 3.44. The summed E-state index contributed by atoms with van der Waals surface area (Å²) in [7, 11) is 0. The number of carbonyl (C=O) groups is 8. The van der Waals surface area contributed by atoms with Crippen molar-refractivity contribution in [1.82, 2.24) is 0 Å². The van der Waals surface area contributed by atoms with E-state index < -0.39 is 70.5 Å². The van der Waals surface area contributed by atoms with Crippen LogP contribution in [0.1, 0.15) is 33.6 Å². The van der Waals surface area contributed by atoms with E-state index >= 15 is 0 Å². The lowest BCUT2D eigenvalue weighted by atomic mass is 9.88. The van der Waals surface area contributed by atoms with Crippen molar-refractivity contribution in [3.63, 3.8) is 0 Å². The van der Waals surface area contributed by atoms with Gasteiger partial charge in [0.05, 0.1) is 5.41 Å². The van der Waals surface area contributed by atoms with Gasteiger partial charge < -0.3 is 56.8 Å². The Morgan fingerprint density at radius 2 is 0.743 bits per heavy atom. The van der Waals surface area contributed by atoms with E-state index in [1.54, 1.807) is 6.92 Å². The molecule has 0 radical (unpaired) electrons. The minimum absolute atomic E-state index is 0.0190. The second-order valence-corrected chi connectivity index (χ2v) is 13.0. The fourth-order valence-corrected chi connectivity index (χ4v) is 3.61. The largest absolute Gasteiger partial charge is 0.462 e. The number of nitriles is 4. The smallest absolute Gasteiger partial charge is 0.330 e. The van der Waals surface area contributed by atoms with Gasteiger partial charge in [0.25, 0.3) is 25.0 Å². The molecule has 0 aromatic carbocycles. The van der Waals surface area contributed by atoms with E-state index in [1.807, 2.05) is 6.92 Å². The first-order valence-corrected chi connectivity index (χ1v) is 19.7. The van der Waals surface area contributed by atoms with Gasteiger partial charge in [-0.2, -0.15) is 21.0 Å². The van der Waals surface area contributed by atoms with Crippen LogP contribution in [0, 0.1) is 51.5 Å². The minimum Gasteiger partial charge on any atom is -0.462 e. The molecule has 24 heteroatoms. The Morgan fingerprint density at radius 1 is 0.429 bits per heavy atom. The Morgan fingerprint density at radius 3 is 1.01 bits per heavy atom. The van der Waals surface area contributed by atoms with Crippen molar-refractivity contribution in [3.8, 4) is 25.0 Å². The summed E-state index contributed by atoms with van der Waals surface area (Å²) in [4.78, 5) is 87.2. The molecule has 0 saturated heterocycles. The van der Waals surface area contributed by atoms with Crippen LogP contribution in [-0.4, -0.2) is 125 Å². The quantitative estimate of drug-likeness (QED) is 0.0415. The van der Waals surface area contributed by atoms with Crippen LogP contribution in [0.4, 0.5) is 0 Å². The van der Waals surface area contributed by atoms with Gasteiger partial charge in [0.2, 0.25) is 0 Å². The summed E-state index contributed by atoms with van der Waals surface area (Å²) in [6, 6.07) is 0. The first-order chi connectivity index (χ1) is 33.2. The van der Waals surface area contributed by atoms with E-state index in [2.05, 4.69) is 66.8 Å². The van der Waals surface area contributed by atoms with E-state index in [0.29, 0.717) is 12.8 Å². The van der Waals surface area contributed by atoms with Crippen molar-refractivity contribution in [2.75, 3.05) is 59.5 Å². The van der Waals surface area contributed by atoms with E-state index in [4.69, 9.17) is 63.7 Å². The molecule has 0 amide bonds. The highest BCUT2D eigenvalue weighted by atomic mass is 16.6. The molecule has 0 unspecified atom stereocenters. The fraction of sp³-hybridized carbons (Fsp3) is 0.391. The van der Waals surface area contributed by atoms with Crippen LogP contribution >= 0.6 is 0 Å². The van der Waals surface area contributed by atoms with Gasteiger partial charge in [0.15, 0.2) is 17.3 Å². The molecule has 0 spiro atoms. The van der Waals surface area contributed by atoms with Crippen LogP contribution in [0.3, 0.4) is 0 Å². The molecular weight excluding hydrogens is 929 g/mol. The van der Waals surface area contributed by atoms with Crippen molar-refractivity contribution >= 4 is 47.8 Å². The second kappa shape index (κ2) is 41.3. The normalized spacial score (nSPS) is 9.54. The van der Waals surface area contributed by atoms with Crippen LogP contribution in [0.15, 0.2) is 101 Å². The molecule has 0 aliphatic heterocycles. The number of rotatable bonds is 31. The van der Waals surface area contributed by atoms with Gasteiger partial charge in [0.1, 0.15) is 59.5 Å². The monoisotopic (exact) mass is 984 g/mol. The van der Waals surface area contributed by atoms with E-state index in [-0.39, 0.29) is 59.5 Å². The molecule has 0 aromatic heterocycles. The Bertz CT molecular complexity index is 1890. The molecule has 0 aliphatic carbocycles. The summed E-state index contributed by atoms with van der Waals surface area (Å²) in [5.41, 5.74) is -3.19. The number of hydrogen-bond donors (Lipinski definition) is 0. The average Bonchev–Trinajstić information content (AvgIpc) is 3.38. The third-order valence-electron chi connectivity index (χ3n) is 7.80. The highest BCUT2D eigenvalue weighted by Gasteiger charge is 2.35. The molecule has 0 fully saturated rings. The molecule has 0 saturated carbocycles. The van der Waals surface area contributed by atoms with Gasteiger partial charge in [-0.05, 0) is 19.8 Å². The minimum atomic E-state index is -1.23. The van der Waals surface area contributed by atoms with Crippen molar-refractivity contribution < 1.29 is 95.2 Å². The lowest BCUT2D eigenvalue weighted by molar-refractivity contribution is -0.157. The first-order valence-electron chi connectivity index (χ1n) is 19.7. The van der Waals surface area contributed by atoms with Gasteiger partial charge >= 0.3 is 47.8 Å². The number of hydrogen-bond acceptors (Lipinski definition) is 24. The lowest BCUT2D eigenvalue weighted by Gasteiger charge is -2.29. The molecule has 0 atom stereocenters. The fourth-order valence-electron chi connectivity index (χ4n) is 3.61. The molecule has 70 heavy (non-hydrogen) atoms. The maximum atomic E-state index is 11.1. The van der Waals surface area contributed by atoms with Crippen molar-refractivity contribution in [2.45, 2.75) is 50.9 Å². The Labute approximate surface area is 405 Å². The van der Waals surface area contributed by atoms with Crippen LogP contribution < -0.4 is 0 Å². The van der Waals surface area contributed by atoms with Crippen LogP contribution in [0.2, 0.25) is 0 Å². The molecule has 0 heterocycles. The topological polar surface area (TPSA) is 342 Å². The molecule has 0 N–H and O–H groups in total. The number of nitrogens with zero attached hydrogens (tertiary/aromatic N) is 4. The van der Waals surface area contributed by atoms with E-state index in [1.165, 1.54) is 31.9 Å². The zero-order valence-corrected chi connectivity index (χ0v) is 39.1. The maximum Gasteiger partial charge on any atom is 0.330 e. The Balaban J connectivity index is -0.000000416. The van der Waals surface area contributed by atoms with Gasteiger partial charge in [0, 0.05) is 48.6 Å². The average molecular weight is 985 g/mol. The summed E-state index contributed by atoms with van der Waals surface area (Å²) in [6.07, 6.45) is 13.8. The molecule has 0 aliphatic rings. The van der Waals surface area contributed by atoms with Gasteiger partial charge in [-0.3, -0.25) is 0 Å². The zero-order valence-electron chi connectivity index (χ0n) is 39.1. The van der Waals surface area contributed by atoms with E-state index in [9.17, 15) is 38.4 Å². The maximum absolute atomic E-state index is 11.1. The molecule has 24 nitrogen and oxygen atoms in total. The predicted molar refractivity (Wildman–Crippen MR) is 239 cm³/mol. The van der Waals surface area contributed by atoms with Crippen molar-refractivity contribution in [3.05, 3.63) is 101 Å². The SMILES string of the molecule is C=CC(=O)OCC(C)(COC(=O)C=C)OC#N.C=CC(=O)OCC(CC)(COC#N)COC(=O)C=C.C=CC(=O)OCC(CC)(COC(=O)C=C)OC#N.C=CC(=O)OCC(COC(=O)C=C)OC#N. The Hall–Kier alpha value is -9.16. The summed E-state index contributed by atoms with van der Waals surface area (Å²) >= 11 is 0. The summed E-state index contributed by atoms with van der Waals surface area (Å²) < 4.78 is 57.0. The molecule has 0 aromatic rings. The summed E-state index contributed by atoms with van der Waals surface area (Å²) in [6.45, 7) is 29.4. The molecule has 380 valence electrons. The van der Waals surface area contributed by atoms with Crippen LogP contribution in [-0.2, 0) is 95.2 Å². The first kappa shape index (κ1) is 67.4. The number of carbonyl (C=O) groups excluding carboxylic acids is 8. The highest BCUT2D eigenvalue weighted by molar-refractivity contribution is 5.83. The third kappa shape index (κ3) is 35.1. The Kier molecular flexibility index (Phi) is 39.8. The molecule has 0 bridgehead atoms. The standard InChI is InChI=1S/C13H17NO5.C12H15NO5.C11H13NO5.C10H11NO5/c1-4-11(15)18-8-13(6-3,7-17-10-14)9-19-12(16)5-2;1-4-10(14)16-7-12(6-3,18-9-13)8-17-11(15)5-2;1-4-9(13)15-6-11(3,17-8-12)7-16-10(14)5-2;1-3-9(12)14-5-8(16-7-11)6-15-10(13)4-2/h4-5H,1-2,6-9H2,3H3;4-5H,1-2,6-8H2,3H3;4-5H,1-2,6-7H2,3H3;3-4,8H,1-2,5-6H2. The molecule has 0 rings (SSSR count). The van der Waals surface area contributed by atoms with E-state index in [0.717, 1.165) is 48.6 Å².